The third kappa shape index (κ3) is 15.9. The van der Waals surface area contributed by atoms with Gasteiger partial charge in [0, 0.05) is 20.3 Å². The zero-order valence-electron chi connectivity index (χ0n) is 9.76. The minimum absolute atomic E-state index is 0. The van der Waals surface area contributed by atoms with E-state index in [0.717, 1.165) is 5.69 Å². The van der Waals surface area contributed by atoms with Crippen LogP contribution in [0.3, 0.4) is 0 Å². The van der Waals surface area contributed by atoms with Gasteiger partial charge in [-0.3, -0.25) is 4.98 Å². The van der Waals surface area contributed by atoms with Crippen LogP contribution in [-0.4, -0.2) is 13.4 Å². The molecule has 1 aromatic rings. The number of aryl methyl sites for hydroxylation is 2. The van der Waals surface area contributed by atoms with E-state index in [0.29, 0.717) is 0 Å². The molecular formula is C13H29BN. The molecule has 0 aliphatic heterocycles. The molecule has 3 radical (unpaired) electrons. The van der Waals surface area contributed by atoms with E-state index in [2.05, 4.69) is 18.0 Å². The van der Waals surface area contributed by atoms with Crippen LogP contribution in [0.25, 0.3) is 0 Å². The summed E-state index contributed by atoms with van der Waals surface area (Å²) in [5.74, 6) is 0. The van der Waals surface area contributed by atoms with Crippen molar-refractivity contribution in [3.8, 4) is 0 Å². The van der Waals surface area contributed by atoms with Crippen LogP contribution in [-0.2, 0) is 0 Å². The molecule has 1 rings (SSSR count). The Morgan fingerprint density at radius 3 is 1.53 bits per heavy atom. The average Bonchev–Trinajstić information content (AvgIpc) is 2.17. The SMILES string of the molecule is C.C.CC.CC.Cc1cccnc1C.[B]. The second-order valence-corrected chi connectivity index (χ2v) is 1.91. The van der Waals surface area contributed by atoms with E-state index >= 15 is 0 Å². The first kappa shape index (κ1) is 29.2. The normalized spacial score (nSPS) is 5.73. The minimum Gasteiger partial charge on any atom is -0.261 e. The molecule has 0 aromatic carbocycles. The summed E-state index contributed by atoms with van der Waals surface area (Å²) in [7, 11) is 0. The van der Waals surface area contributed by atoms with Gasteiger partial charge in [-0.05, 0) is 25.5 Å². The summed E-state index contributed by atoms with van der Waals surface area (Å²) in [4.78, 5) is 4.08. The highest BCUT2D eigenvalue weighted by Crippen LogP contribution is 1.98. The van der Waals surface area contributed by atoms with E-state index in [1.54, 1.807) is 0 Å². The maximum Gasteiger partial charge on any atom is 0.0401 e. The van der Waals surface area contributed by atoms with Gasteiger partial charge in [0.25, 0.3) is 0 Å². The van der Waals surface area contributed by atoms with Crippen LogP contribution in [0.4, 0.5) is 0 Å². The zero-order valence-corrected chi connectivity index (χ0v) is 9.76. The first-order valence-electron chi connectivity index (χ1n) is 4.69. The first-order valence-corrected chi connectivity index (χ1v) is 4.69. The van der Waals surface area contributed by atoms with Crippen molar-refractivity contribution in [3.05, 3.63) is 29.6 Å². The molecule has 0 aliphatic rings. The molecule has 0 bridgehead atoms. The standard InChI is InChI=1S/C7H9N.2C2H6.2CH4.B/c1-6-4-3-5-8-7(6)2;2*1-2;;;/h3-5H,1-2H3;2*1-2H3;2*1H4;. The Morgan fingerprint density at radius 2 is 1.33 bits per heavy atom. The largest absolute Gasteiger partial charge is 0.261 e. The Kier molecular flexibility index (Phi) is 45.3. The minimum atomic E-state index is 0. The summed E-state index contributed by atoms with van der Waals surface area (Å²) >= 11 is 0. The maximum atomic E-state index is 4.08. The lowest BCUT2D eigenvalue weighted by molar-refractivity contribution is 1.15. The van der Waals surface area contributed by atoms with Crippen LogP contribution in [0.2, 0.25) is 0 Å². The summed E-state index contributed by atoms with van der Waals surface area (Å²) in [6, 6.07) is 4.00. The molecule has 0 unspecified atom stereocenters. The number of hydrogen-bond acceptors (Lipinski definition) is 1. The van der Waals surface area contributed by atoms with Crippen molar-refractivity contribution in [2.24, 2.45) is 0 Å². The van der Waals surface area contributed by atoms with Crippen LogP contribution < -0.4 is 0 Å². The summed E-state index contributed by atoms with van der Waals surface area (Å²) < 4.78 is 0. The van der Waals surface area contributed by atoms with Crippen LogP contribution in [0.5, 0.6) is 0 Å². The smallest absolute Gasteiger partial charge is 0.0401 e. The van der Waals surface area contributed by atoms with Gasteiger partial charge < -0.3 is 0 Å². The predicted octanol–water partition coefficient (Wildman–Crippen LogP) is 4.64. The third-order valence-electron chi connectivity index (χ3n) is 1.27. The van der Waals surface area contributed by atoms with E-state index < -0.39 is 0 Å². The average molecular weight is 210 g/mol. The number of aromatic nitrogens is 1. The molecule has 0 amide bonds. The zero-order chi connectivity index (χ0) is 9.98. The Hall–Kier alpha value is -0.785. The van der Waals surface area contributed by atoms with Gasteiger partial charge >= 0.3 is 0 Å². The van der Waals surface area contributed by atoms with Crippen molar-refractivity contribution in [3.63, 3.8) is 0 Å². The Labute approximate surface area is 99.9 Å². The topological polar surface area (TPSA) is 12.9 Å². The summed E-state index contributed by atoms with van der Waals surface area (Å²) in [5, 5.41) is 0. The lowest BCUT2D eigenvalue weighted by Crippen LogP contribution is -1.81. The maximum absolute atomic E-state index is 4.08. The monoisotopic (exact) mass is 210 g/mol. The quantitative estimate of drug-likeness (QED) is 0.568. The summed E-state index contributed by atoms with van der Waals surface area (Å²) in [6.07, 6.45) is 1.81. The van der Waals surface area contributed by atoms with E-state index in [1.807, 2.05) is 46.9 Å². The van der Waals surface area contributed by atoms with Crippen LogP contribution in [0, 0.1) is 13.8 Å². The molecule has 0 aliphatic carbocycles. The van der Waals surface area contributed by atoms with E-state index in [9.17, 15) is 0 Å². The Bertz CT molecular complexity index is 167. The van der Waals surface area contributed by atoms with E-state index in [-0.39, 0.29) is 23.3 Å². The van der Waals surface area contributed by atoms with Crippen LogP contribution in [0.15, 0.2) is 18.3 Å². The number of pyridine rings is 1. The Balaban J connectivity index is -0.0000000432. The highest BCUT2D eigenvalue weighted by atomic mass is 14.6. The van der Waals surface area contributed by atoms with E-state index in [1.165, 1.54) is 5.56 Å². The molecule has 1 nitrogen and oxygen atoms in total. The Morgan fingerprint density at radius 1 is 0.933 bits per heavy atom. The second-order valence-electron chi connectivity index (χ2n) is 1.91. The van der Waals surface area contributed by atoms with Crippen LogP contribution in [0.1, 0.15) is 53.8 Å². The van der Waals surface area contributed by atoms with Crippen molar-refractivity contribution >= 4 is 8.41 Å². The fraction of sp³-hybridized carbons (Fsp3) is 0.615. The third-order valence-corrected chi connectivity index (χ3v) is 1.27. The first-order chi connectivity index (χ1) is 5.80. The van der Waals surface area contributed by atoms with Gasteiger partial charge in [-0.2, -0.15) is 0 Å². The number of hydrogen-bond donors (Lipinski definition) is 0. The number of rotatable bonds is 0. The molecule has 15 heavy (non-hydrogen) atoms. The van der Waals surface area contributed by atoms with E-state index in [4.69, 9.17) is 0 Å². The summed E-state index contributed by atoms with van der Waals surface area (Å²) in [6.45, 7) is 12.1. The van der Waals surface area contributed by atoms with Crippen molar-refractivity contribution in [2.75, 3.05) is 0 Å². The van der Waals surface area contributed by atoms with Gasteiger partial charge in [-0.15, -0.1) is 0 Å². The lowest BCUT2D eigenvalue weighted by atomic mass is 10.2. The van der Waals surface area contributed by atoms with Crippen molar-refractivity contribution < 1.29 is 0 Å². The molecule has 0 saturated heterocycles. The van der Waals surface area contributed by atoms with Gasteiger partial charge in [0.05, 0.1) is 0 Å². The molecule has 2 heteroatoms. The van der Waals surface area contributed by atoms with Gasteiger partial charge in [-0.1, -0.05) is 48.6 Å². The van der Waals surface area contributed by atoms with Crippen LogP contribution >= 0.6 is 0 Å². The van der Waals surface area contributed by atoms with Gasteiger partial charge in [0.1, 0.15) is 0 Å². The van der Waals surface area contributed by atoms with Gasteiger partial charge in [0.2, 0.25) is 0 Å². The van der Waals surface area contributed by atoms with Crippen molar-refractivity contribution in [1.29, 1.82) is 0 Å². The summed E-state index contributed by atoms with van der Waals surface area (Å²) in [5.41, 5.74) is 2.38. The fourth-order valence-corrected chi connectivity index (χ4v) is 0.565. The number of nitrogens with zero attached hydrogens (tertiary/aromatic N) is 1. The fourth-order valence-electron chi connectivity index (χ4n) is 0.565. The van der Waals surface area contributed by atoms with Gasteiger partial charge in [-0.25, -0.2) is 0 Å². The highest BCUT2D eigenvalue weighted by molar-refractivity contribution is 5.75. The molecule has 1 heterocycles. The second kappa shape index (κ2) is 23.2. The molecule has 0 spiro atoms. The molecule has 89 valence electrons. The molecule has 0 fully saturated rings. The molecule has 0 N–H and O–H groups in total. The van der Waals surface area contributed by atoms with Gasteiger partial charge in [0.15, 0.2) is 0 Å². The molecule has 0 atom stereocenters. The predicted molar refractivity (Wildman–Crippen MR) is 75.6 cm³/mol. The molecule has 0 saturated carbocycles. The molecule has 1 aromatic heterocycles. The van der Waals surface area contributed by atoms with Crippen molar-refractivity contribution in [2.45, 2.75) is 56.4 Å². The van der Waals surface area contributed by atoms with Crippen molar-refractivity contribution in [1.82, 2.24) is 4.98 Å². The highest BCUT2D eigenvalue weighted by Gasteiger charge is 1.85. The lowest BCUT2D eigenvalue weighted by Gasteiger charge is -1.92. The molecular weight excluding hydrogens is 181 g/mol.